The number of nitrogens with zero attached hydrogens (tertiary/aromatic N) is 1. The van der Waals surface area contributed by atoms with E-state index in [4.69, 9.17) is 16.3 Å². The molecule has 2 aromatic carbocycles. The van der Waals surface area contributed by atoms with Gasteiger partial charge in [-0.1, -0.05) is 17.7 Å². The van der Waals surface area contributed by atoms with E-state index in [0.717, 1.165) is 16.6 Å². The molecule has 29 heavy (non-hydrogen) atoms. The Balaban J connectivity index is 2.26. The molecule has 1 N–H and O–H groups in total. The second kappa shape index (κ2) is 9.23. The fraction of sp³-hybridized carbons (Fsp3) is 0.263. The monoisotopic (exact) mass is 442 g/mol. The first kappa shape index (κ1) is 22.6. The Morgan fingerprint density at radius 1 is 1.24 bits per heavy atom. The van der Waals surface area contributed by atoms with Crippen molar-refractivity contribution in [2.24, 2.45) is 0 Å². The van der Waals surface area contributed by atoms with Gasteiger partial charge in [0.2, 0.25) is 15.9 Å². The van der Waals surface area contributed by atoms with Gasteiger partial charge in [0.25, 0.3) is 0 Å². The number of hydrogen-bond acceptors (Lipinski definition) is 5. The average Bonchev–Trinajstić information content (AvgIpc) is 2.60. The minimum Gasteiger partial charge on any atom is -0.462 e. The normalized spacial score (nSPS) is 12.2. The zero-order chi connectivity index (χ0) is 21.8. The van der Waals surface area contributed by atoms with Gasteiger partial charge in [-0.3, -0.25) is 9.10 Å². The smallest absolute Gasteiger partial charge is 0.339 e. The summed E-state index contributed by atoms with van der Waals surface area (Å²) in [6.45, 7) is 3.22. The van der Waals surface area contributed by atoms with E-state index in [1.54, 1.807) is 6.92 Å². The number of hydrogen-bond donors (Lipinski definition) is 1. The topological polar surface area (TPSA) is 92.8 Å². The molecule has 0 heterocycles. The molecule has 0 spiro atoms. The molecule has 156 valence electrons. The second-order valence-corrected chi connectivity index (χ2v) is 8.39. The van der Waals surface area contributed by atoms with Crippen LogP contribution in [0.15, 0.2) is 42.5 Å². The van der Waals surface area contributed by atoms with Crippen LogP contribution < -0.4 is 9.62 Å². The summed E-state index contributed by atoms with van der Waals surface area (Å²) in [4.78, 5) is 24.4. The minimum absolute atomic E-state index is 0.0193. The number of esters is 1. The Kier molecular flexibility index (Phi) is 7.21. The molecule has 0 fully saturated rings. The van der Waals surface area contributed by atoms with Gasteiger partial charge < -0.3 is 10.1 Å². The summed E-state index contributed by atoms with van der Waals surface area (Å²) in [6.07, 6.45) is 0.923. The van der Waals surface area contributed by atoms with Crippen molar-refractivity contribution >= 4 is 44.9 Å². The Morgan fingerprint density at radius 2 is 1.93 bits per heavy atom. The molecule has 1 amide bonds. The van der Waals surface area contributed by atoms with Crippen molar-refractivity contribution in [3.05, 3.63) is 58.9 Å². The number of carbonyl (C=O) groups is 2. The van der Waals surface area contributed by atoms with E-state index < -0.39 is 33.8 Å². The first-order chi connectivity index (χ1) is 13.5. The summed E-state index contributed by atoms with van der Waals surface area (Å²) in [7, 11) is -3.89. The van der Waals surface area contributed by atoms with Gasteiger partial charge in [0, 0.05) is 5.69 Å². The number of carbonyl (C=O) groups excluding carboxylic acids is 2. The molecular weight excluding hydrogens is 423 g/mol. The van der Waals surface area contributed by atoms with Crippen molar-refractivity contribution in [2.75, 3.05) is 22.5 Å². The summed E-state index contributed by atoms with van der Waals surface area (Å²) in [6, 6.07) is 7.93. The predicted molar refractivity (Wildman–Crippen MR) is 109 cm³/mol. The fourth-order valence-electron chi connectivity index (χ4n) is 2.64. The van der Waals surface area contributed by atoms with Crippen LogP contribution in [-0.4, -0.2) is 39.2 Å². The zero-order valence-corrected chi connectivity index (χ0v) is 17.6. The van der Waals surface area contributed by atoms with Gasteiger partial charge in [0.15, 0.2) is 0 Å². The van der Waals surface area contributed by atoms with Crippen molar-refractivity contribution in [1.29, 1.82) is 0 Å². The van der Waals surface area contributed by atoms with Crippen molar-refractivity contribution < 1.29 is 27.1 Å². The third-order valence-electron chi connectivity index (χ3n) is 3.88. The maximum absolute atomic E-state index is 13.6. The Labute approximate surface area is 173 Å². The van der Waals surface area contributed by atoms with Gasteiger partial charge >= 0.3 is 5.97 Å². The first-order valence-electron chi connectivity index (χ1n) is 8.57. The molecule has 0 aliphatic carbocycles. The number of rotatable bonds is 7. The van der Waals surface area contributed by atoms with E-state index in [2.05, 4.69) is 5.32 Å². The first-order valence-corrected chi connectivity index (χ1v) is 10.8. The summed E-state index contributed by atoms with van der Waals surface area (Å²) in [5, 5.41) is 2.61. The summed E-state index contributed by atoms with van der Waals surface area (Å²) < 4.78 is 43.7. The maximum atomic E-state index is 13.6. The Bertz CT molecular complexity index is 1030. The number of amides is 1. The highest BCUT2D eigenvalue weighted by Gasteiger charge is 2.29. The number of sulfonamides is 1. The lowest BCUT2D eigenvalue weighted by atomic mass is 10.2. The lowest BCUT2D eigenvalue weighted by Crippen LogP contribution is -2.45. The van der Waals surface area contributed by atoms with Crippen LogP contribution in [0.4, 0.5) is 15.8 Å². The molecule has 0 saturated heterocycles. The lowest BCUT2D eigenvalue weighted by Gasteiger charge is -2.28. The van der Waals surface area contributed by atoms with E-state index in [9.17, 15) is 22.4 Å². The highest BCUT2D eigenvalue weighted by atomic mass is 35.5. The van der Waals surface area contributed by atoms with Crippen LogP contribution >= 0.6 is 11.6 Å². The zero-order valence-electron chi connectivity index (χ0n) is 16.0. The van der Waals surface area contributed by atoms with Crippen molar-refractivity contribution in [1.82, 2.24) is 0 Å². The summed E-state index contributed by atoms with van der Waals surface area (Å²) >= 11 is 6.07. The molecule has 0 aliphatic rings. The number of anilines is 2. The van der Waals surface area contributed by atoms with Gasteiger partial charge in [-0.15, -0.1) is 0 Å². The quantitative estimate of drug-likeness (QED) is 0.663. The molecule has 0 aromatic heterocycles. The van der Waals surface area contributed by atoms with Crippen LogP contribution in [0.5, 0.6) is 0 Å². The van der Waals surface area contributed by atoms with Gasteiger partial charge in [-0.25, -0.2) is 17.6 Å². The highest BCUT2D eigenvalue weighted by Crippen LogP contribution is 2.24. The number of nitrogens with one attached hydrogen (secondary N) is 1. The third kappa shape index (κ3) is 5.68. The number of benzene rings is 2. The summed E-state index contributed by atoms with van der Waals surface area (Å²) in [5.41, 5.74) is 0.413. The van der Waals surface area contributed by atoms with Crippen LogP contribution in [0.3, 0.4) is 0 Å². The third-order valence-corrected chi connectivity index (χ3v) is 5.44. The molecule has 0 bridgehead atoms. The molecule has 2 aromatic rings. The van der Waals surface area contributed by atoms with Crippen molar-refractivity contribution in [3.8, 4) is 0 Å². The van der Waals surface area contributed by atoms with E-state index >= 15 is 0 Å². The molecule has 0 unspecified atom stereocenters. The second-order valence-electron chi connectivity index (χ2n) is 6.12. The molecular formula is C19H20ClFN2O5S. The summed E-state index contributed by atoms with van der Waals surface area (Å²) in [5.74, 6) is -1.90. The van der Waals surface area contributed by atoms with Crippen LogP contribution in [-0.2, 0) is 19.6 Å². The van der Waals surface area contributed by atoms with Crippen LogP contribution in [0.1, 0.15) is 24.2 Å². The molecule has 10 heteroatoms. The Morgan fingerprint density at radius 3 is 2.48 bits per heavy atom. The molecule has 0 saturated carbocycles. The lowest BCUT2D eigenvalue weighted by molar-refractivity contribution is -0.116. The number of ether oxygens (including phenoxy) is 1. The maximum Gasteiger partial charge on any atom is 0.339 e. The predicted octanol–water partition coefficient (Wildman–Crippen LogP) is 3.45. The Hall–Kier alpha value is -2.65. The van der Waals surface area contributed by atoms with Gasteiger partial charge in [0.1, 0.15) is 11.9 Å². The van der Waals surface area contributed by atoms with E-state index in [1.807, 2.05) is 0 Å². The van der Waals surface area contributed by atoms with Crippen LogP contribution in [0, 0.1) is 5.82 Å². The van der Waals surface area contributed by atoms with E-state index in [-0.39, 0.29) is 28.6 Å². The molecule has 7 nitrogen and oxygen atoms in total. The minimum atomic E-state index is -3.89. The van der Waals surface area contributed by atoms with Crippen molar-refractivity contribution in [3.63, 3.8) is 0 Å². The van der Waals surface area contributed by atoms with E-state index in [0.29, 0.717) is 0 Å². The molecule has 0 aliphatic heterocycles. The fourth-order valence-corrected chi connectivity index (χ4v) is 4.06. The van der Waals surface area contributed by atoms with Gasteiger partial charge in [-0.2, -0.15) is 0 Å². The number of halogens is 2. The highest BCUT2D eigenvalue weighted by molar-refractivity contribution is 7.92. The molecule has 1 atom stereocenters. The van der Waals surface area contributed by atoms with E-state index in [1.165, 1.54) is 43.3 Å². The largest absolute Gasteiger partial charge is 0.462 e. The van der Waals surface area contributed by atoms with Gasteiger partial charge in [-0.05, 0) is 50.2 Å². The molecule has 0 radical (unpaired) electrons. The van der Waals surface area contributed by atoms with Crippen molar-refractivity contribution in [2.45, 2.75) is 19.9 Å². The standard InChI is InChI=1S/C19H20ClFN2O5S/c1-4-28-19(25)16-9-8-14(11-17(16)20)22-18(24)12(2)23(29(3,26)27)15-7-5-6-13(21)10-15/h5-12H,4H2,1-3H3,(H,22,24)/t12-/m1/s1. The molecule has 2 rings (SSSR count). The van der Waals surface area contributed by atoms with Crippen LogP contribution in [0.2, 0.25) is 5.02 Å². The SMILES string of the molecule is CCOC(=O)c1ccc(NC(=O)[C@@H](C)N(c2cccc(F)c2)S(C)(=O)=O)cc1Cl. The average molecular weight is 443 g/mol. The van der Waals surface area contributed by atoms with Gasteiger partial charge in [0.05, 0.1) is 29.1 Å². The van der Waals surface area contributed by atoms with Crippen LogP contribution in [0.25, 0.3) is 0 Å².